The number of nitriles is 1. The lowest BCUT2D eigenvalue weighted by Gasteiger charge is -2.42. The number of nitrogen functional groups attached to an aromatic ring is 1. The standard InChI is InChI=1S/C20H15ClN8O/c21-14-6-9-28-16(14)19(30)29(13-4-2-1-3-5-13)18(26-28)15-7-8-27(15)17-12(10-22)11-24-20(23)25-17/h1-6,9,11,15H,7-8H2,(H2,23,24,25)/t15-/m0/s1. The van der Waals surface area contributed by atoms with Crippen LogP contribution in [0.25, 0.3) is 11.2 Å². The third-order valence-electron chi connectivity index (χ3n) is 5.17. The van der Waals surface area contributed by atoms with E-state index < -0.39 is 0 Å². The van der Waals surface area contributed by atoms with Gasteiger partial charge in [0.05, 0.1) is 22.9 Å². The minimum atomic E-state index is -0.273. The van der Waals surface area contributed by atoms with Crippen LogP contribution in [0.3, 0.4) is 0 Å². The van der Waals surface area contributed by atoms with Crippen LogP contribution in [0.1, 0.15) is 23.9 Å². The maximum Gasteiger partial charge on any atom is 0.284 e. The molecular weight excluding hydrogens is 404 g/mol. The molecule has 4 aromatic rings. The van der Waals surface area contributed by atoms with Crippen LogP contribution in [0, 0.1) is 11.3 Å². The molecule has 3 aromatic heterocycles. The Morgan fingerprint density at radius 2 is 2.03 bits per heavy atom. The topological polar surface area (TPSA) is 118 Å². The van der Waals surface area contributed by atoms with Gasteiger partial charge in [0, 0.05) is 12.7 Å². The predicted octanol–water partition coefficient (Wildman–Crippen LogP) is 2.33. The quantitative estimate of drug-likeness (QED) is 0.542. The summed E-state index contributed by atoms with van der Waals surface area (Å²) < 4.78 is 3.06. The number of hydrogen-bond donors (Lipinski definition) is 1. The van der Waals surface area contributed by atoms with Crippen LogP contribution in [-0.4, -0.2) is 30.7 Å². The Morgan fingerprint density at radius 1 is 1.23 bits per heavy atom. The van der Waals surface area contributed by atoms with Gasteiger partial charge in [-0.2, -0.15) is 15.3 Å². The minimum Gasteiger partial charge on any atom is -0.368 e. The fourth-order valence-electron chi connectivity index (χ4n) is 3.68. The second kappa shape index (κ2) is 6.86. The van der Waals surface area contributed by atoms with E-state index in [-0.39, 0.29) is 17.5 Å². The van der Waals surface area contributed by atoms with E-state index in [9.17, 15) is 10.1 Å². The summed E-state index contributed by atoms with van der Waals surface area (Å²) in [5.74, 6) is 1.04. The third kappa shape index (κ3) is 2.69. The highest BCUT2D eigenvalue weighted by molar-refractivity contribution is 6.33. The number of nitrogens with two attached hydrogens (primary N) is 1. The minimum absolute atomic E-state index is 0.0794. The van der Waals surface area contributed by atoms with Gasteiger partial charge in [0.25, 0.3) is 5.56 Å². The van der Waals surface area contributed by atoms with Crippen molar-refractivity contribution in [3.8, 4) is 11.8 Å². The molecule has 2 N–H and O–H groups in total. The summed E-state index contributed by atoms with van der Waals surface area (Å²) in [4.78, 5) is 23.5. The molecule has 1 atom stereocenters. The molecule has 1 fully saturated rings. The summed E-state index contributed by atoms with van der Waals surface area (Å²) >= 11 is 6.25. The molecule has 0 spiro atoms. The van der Waals surface area contributed by atoms with E-state index >= 15 is 0 Å². The number of para-hydroxylation sites is 1. The number of benzene rings is 1. The number of halogens is 1. The van der Waals surface area contributed by atoms with E-state index in [1.807, 2.05) is 35.2 Å². The molecule has 0 saturated carbocycles. The van der Waals surface area contributed by atoms with Crippen LogP contribution in [0.15, 0.2) is 53.6 Å². The third-order valence-corrected chi connectivity index (χ3v) is 5.48. The van der Waals surface area contributed by atoms with Crippen LogP contribution in [-0.2, 0) is 0 Å². The highest BCUT2D eigenvalue weighted by Crippen LogP contribution is 2.38. The molecule has 10 heteroatoms. The molecule has 0 unspecified atom stereocenters. The molecule has 1 aromatic carbocycles. The molecule has 1 saturated heterocycles. The van der Waals surface area contributed by atoms with E-state index in [4.69, 9.17) is 22.4 Å². The lowest BCUT2D eigenvalue weighted by molar-refractivity contribution is 0.423. The number of rotatable bonds is 3. The van der Waals surface area contributed by atoms with Crippen molar-refractivity contribution in [1.82, 2.24) is 24.1 Å². The number of hydrogen-bond acceptors (Lipinski definition) is 7. The molecule has 1 aliphatic heterocycles. The summed E-state index contributed by atoms with van der Waals surface area (Å²) in [6, 6.07) is 12.7. The number of anilines is 2. The van der Waals surface area contributed by atoms with Gasteiger partial charge in [-0.25, -0.2) is 9.50 Å². The monoisotopic (exact) mass is 418 g/mol. The lowest BCUT2D eigenvalue weighted by Crippen LogP contribution is -2.45. The normalized spacial score (nSPS) is 15.7. The summed E-state index contributed by atoms with van der Waals surface area (Å²) in [5, 5.41) is 14.5. The van der Waals surface area contributed by atoms with Gasteiger partial charge in [0.15, 0.2) is 11.6 Å². The smallest absolute Gasteiger partial charge is 0.284 e. The maximum atomic E-state index is 13.4. The zero-order valence-corrected chi connectivity index (χ0v) is 16.4. The van der Waals surface area contributed by atoms with Crippen molar-refractivity contribution in [2.45, 2.75) is 12.5 Å². The Hall–Kier alpha value is -3.90. The Morgan fingerprint density at radius 3 is 2.73 bits per heavy atom. The van der Waals surface area contributed by atoms with Crippen molar-refractivity contribution in [1.29, 1.82) is 5.26 Å². The number of nitrogens with zero attached hydrogens (tertiary/aromatic N) is 7. The van der Waals surface area contributed by atoms with Crippen molar-refractivity contribution < 1.29 is 0 Å². The highest BCUT2D eigenvalue weighted by atomic mass is 35.5. The van der Waals surface area contributed by atoms with Crippen molar-refractivity contribution in [3.63, 3.8) is 0 Å². The Labute approximate surface area is 175 Å². The molecule has 0 radical (unpaired) electrons. The van der Waals surface area contributed by atoms with Gasteiger partial charge in [-0.3, -0.25) is 9.36 Å². The summed E-state index contributed by atoms with van der Waals surface area (Å²) in [7, 11) is 0. The predicted molar refractivity (Wildman–Crippen MR) is 112 cm³/mol. The van der Waals surface area contributed by atoms with Gasteiger partial charge in [-0.05, 0) is 24.6 Å². The first kappa shape index (κ1) is 18.1. The zero-order chi connectivity index (χ0) is 20.8. The molecule has 1 aliphatic rings. The van der Waals surface area contributed by atoms with Crippen LogP contribution in [0.5, 0.6) is 0 Å². The summed E-state index contributed by atoms with van der Waals surface area (Å²) in [5.41, 5.74) is 6.79. The van der Waals surface area contributed by atoms with Crippen molar-refractivity contribution >= 4 is 28.9 Å². The van der Waals surface area contributed by atoms with Gasteiger partial charge in [0.2, 0.25) is 5.95 Å². The van der Waals surface area contributed by atoms with Crippen LogP contribution < -0.4 is 16.2 Å². The molecule has 5 rings (SSSR count). The van der Waals surface area contributed by atoms with Gasteiger partial charge < -0.3 is 10.6 Å². The van der Waals surface area contributed by atoms with Crippen molar-refractivity contribution in [2.75, 3.05) is 17.2 Å². The van der Waals surface area contributed by atoms with Gasteiger partial charge in [0.1, 0.15) is 17.1 Å². The Balaban J connectivity index is 1.73. The number of fused-ring (bicyclic) bond motifs is 1. The first-order valence-corrected chi connectivity index (χ1v) is 9.60. The van der Waals surface area contributed by atoms with Crippen molar-refractivity contribution in [3.05, 3.63) is 75.6 Å². The maximum absolute atomic E-state index is 13.4. The summed E-state index contributed by atoms with van der Waals surface area (Å²) in [6.07, 6.45) is 3.79. The van der Waals surface area contributed by atoms with Gasteiger partial charge in [-0.15, -0.1) is 0 Å². The molecule has 0 aliphatic carbocycles. The van der Waals surface area contributed by atoms with Crippen LogP contribution in [0.2, 0.25) is 5.02 Å². The van der Waals surface area contributed by atoms with E-state index in [0.717, 1.165) is 6.42 Å². The van der Waals surface area contributed by atoms with Crippen LogP contribution in [0.4, 0.5) is 11.8 Å². The van der Waals surface area contributed by atoms with Gasteiger partial charge >= 0.3 is 0 Å². The highest BCUT2D eigenvalue weighted by Gasteiger charge is 2.37. The van der Waals surface area contributed by atoms with E-state index in [1.54, 1.807) is 16.8 Å². The molecule has 30 heavy (non-hydrogen) atoms. The SMILES string of the molecule is N#Cc1cnc(N)nc1N1CC[C@H]1c1nn2ccc(Cl)c2c(=O)n1-c1ccccc1. The van der Waals surface area contributed by atoms with Crippen molar-refractivity contribution in [2.24, 2.45) is 0 Å². The number of aromatic nitrogens is 5. The summed E-state index contributed by atoms with van der Waals surface area (Å²) in [6.45, 7) is 0.644. The Kier molecular flexibility index (Phi) is 4.15. The van der Waals surface area contributed by atoms with E-state index in [2.05, 4.69) is 16.0 Å². The fourth-order valence-corrected chi connectivity index (χ4v) is 3.91. The molecule has 4 heterocycles. The zero-order valence-electron chi connectivity index (χ0n) is 15.6. The average molecular weight is 419 g/mol. The average Bonchev–Trinajstić information content (AvgIpc) is 3.09. The second-order valence-corrected chi connectivity index (χ2v) is 7.27. The lowest BCUT2D eigenvalue weighted by atomic mass is 10.0. The van der Waals surface area contributed by atoms with E-state index in [1.165, 1.54) is 10.7 Å². The Bertz CT molecular complexity index is 1370. The fraction of sp³-hybridized carbons (Fsp3) is 0.150. The first-order chi connectivity index (χ1) is 14.6. The first-order valence-electron chi connectivity index (χ1n) is 9.23. The van der Waals surface area contributed by atoms with E-state index in [0.29, 0.717) is 40.0 Å². The molecule has 148 valence electrons. The molecule has 0 amide bonds. The van der Waals surface area contributed by atoms with Crippen LogP contribution >= 0.6 is 11.6 Å². The molecule has 0 bridgehead atoms. The molecule has 9 nitrogen and oxygen atoms in total. The second-order valence-electron chi connectivity index (χ2n) is 6.87. The largest absolute Gasteiger partial charge is 0.368 e. The van der Waals surface area contributed by atoms with Gasteiger partial charge in [-0.1, -0.05) is 29.8 Å². The molecular formula is C20H15ClN8O.